The van der Waals surface area contributed by atoms with Gasteiger partial charge in [-0.15, -0.1) is 0 Å². The molecule has 2 aliphatic rings. The number of hydrogen-bond donors (Lipinski definition) is 1. The Morgan fingerprint density at radius 1 is 1.42 bits per heavy atom. The van der Waals surface area contributed by atoms with Crippen LogP contribution in [0.5, 0.6) is 0 Å². The van der Waals surface area contributed by atoms with E-state index in [9.17, 15) is 0 Å². The molecule has 100 valence electrons. The Hall–Kier alpha value is -1.60. The molecule has 0 radical (unpaired) electrons. The minimum absolute atomic E-state index is 0.0989. The number of hydrogen-bond acceptors (Lipinski definition) is 4. The van der Waals surface area contributed by atoms with Crippen molar-refractivity contribution in [2.75, 3.05) is 24.5 Å². The number of nitrogens with one attached hydrogen (secondary N) is 1. The summed E-state index contributed by atoms with van der Waals surface area (Å²) in [7, 11) is 0. The van der Waals surface area contributed by atoms with Crippen molar-refractivity contribution in [3.63, 3.8) is 0 Å². The van der Waals surface area contributed by atoms with Gasteiger partial charge in [-0.05, 0) is 44.7 Å². The SMILES string of the molecule is Cc1cc(C#N)cc(N2CC3CNCC3C2(C)C)n1. The van der Waals surface area contributed by atoms with Gasteiger partial charge in [-0.25, -0.2) is 4.98 Å². The van der Waals surface area contributed by atoms with E-state index in [1.165, 1.54) is 0 Å². The lowest BCUT2D eigenvalue weighted by Gasteiger charge is -2.36. The summed E-state index contributed by atoms with van der Waals surface area (Å²) >= 11 is 0. The zero-order valence-corrected chi connectivity index (χ0v) is 11.8. The highest BCUT2D eigenvalue weighted by Gasteiger charge is 2.49. The van der Waals surface area contributed by atoms with E-state index >= 15 is 0 Å². The van der Waals surface area contributed by atoms with Gasteiger partial charge in [-0.3, -0.25) is 0 Å². The van der Waals surface area contributed by atoms with E-state index in [1.54, 1.807) is 0 Å². The van der Waals surface area contributed by atoms with Crippen LogP contribution >= 0.6 is 0 Å². The first kappa shape index (κ1) is 12.4. The molecular formula is C15H20N4. The third-order valence-corrected chi connectivity index (χ3v) is 4.71. The number of pyridine rings is 1. The minimum Gasteiger partial charge on any atom is -0.351 e. The van der Waals surface area contributed by atoms with E-state index in [2.05, 4.69) is 35.1 Å². The van der Waals surface area contributed by atoms with Gasteiger partial charge >= 0.3 is 0 Å². The second-order valence-corrected chi connectivity index (χ2v) is 6.26. The van der Waals surface area contributed by atoms with Crippen molar-refractivity contribution in [2.45, 2.75) is 26.3 Å². The summed E-state index contributed by atoms with van der Waals surface area (Å²) in [5, 5.41) is 12.6. The monoisotopic (exact) mass is 256 g/mol. The number of anilines is 1. The summed E-state index contributed by atoms with van der Waals surface area (Å²) < 4.78 is 0. The molecule has 1 aromatic heterocycles. The van der Waals surface area contributed by atoms with Gasteiger partial charge in [0.25, 0.3) is 0 Å². The van der Waals surface area contributed by atoms with E-state index < -0.39 is 0 Å². The van der Waals surface area contributed by atoms with Gasteiger partial charge in [0.05, 0.1) is 11.6 Å². The molecule has 2 unspecified atom stereocenters. The topological polar surface area (TPSA) is 52.0 Å². The lowest BCUT2D eigenvalue weighted by Crippen LogP contribution is -2.45. The van der Waals surface area contributed by atoms with E-state index in [0.717, 1.165) is 31.1 Å². The fourth-order valence-electron chi connectivity index (χ4n) is 3.66. The smallest absolute Gasteiger partial charge is 0.130 e. The van der Waals surface area contributed by atoms with Crippen LogP contribution in [0.15, 0.2) is 12.1 Å². The Kier molecular flexibility index (Phi) is 2.75. The predicted molar refractivity (Wildman–Crippen MR) is 75.0 cm³/mol. The maximum Gasteiger partial charge on any atom is 0.130 e. The molecule has 2 aliphatic heterocycles. The molecule has 3 rings (SSSR count). The van der Waals surface area contributed by atoms with E-state index in [4.69, 9.17) is 5.26 Å². The minimum atomic E-state index is 0.0989. The molecule has 4 heteroatoms. The molecule has 19 heavy (non-hydrogen) atoms. The quantitative estimate of drug-likeness (QED) is 0.831. The van der Waals surface area contributed by atoms with E-state index in [1.807, 2.05) is 19.1 Å². The van der Waals surface area contributed by atoms with Crippen molar-refractivity contribution in [3.8, 4) is 6.07 Å². The molecule has 2 atom stereocenters. The molecule has 0 aromatic carbocycles. The van der Waals surface area contributed by atoms with Crippen molar-refractivity contribution in [3.05, 3.63) is 23.4 Å². The molecule has 3 heterocycles. The number of rotatable bonds is 1. The van der Waals surface area contributed by atoms with Crippen molar-refractivity contribution in [1.82, 2.24) is 10.3 Å². The molecule has 0 amide bonds. The molecule has 1 N–H and O–H groups in total. The average molecular weight is 256 g/mol. The Bertz CT molecular complexity index is 544. The van der Waals surface area contributed by atoms with E-state index in [0.29, 0.717) is 17.4 Å². The van der Waals surface area contributed by atoms with Crippen LogP contribution in [0, 0.1) is 30.1 Å². The number of fused-ring (bicyclic) bond motifs is 1. The zero-order chi connectivity index (χ0) is 13.6. The molecule has 2 fully saturated rings. The summed E-state index contributed by atoms with van der Waals surface area (Å²) in [6, 6.07) is 5.99. The fourth-order valence-corrected chi connectivity index (χ4v) is 3.66. The number of nitriles is 1. The molecule has 0 spiro atoms. The Morgan fingerprint density at radius 3 is 2.89 bits per heavy atom. The van der Waals surface area contributed by atoms with Gasteiger partial charge in [0.2, 0.25) is 0 Å². The van der Waals surface area contributed by atoms with Crippen LogP contribution < -0.4 is 10.2 Å². The standard InChI is InChI=1S/C15H20N4/c1-10-4-11(6-16)5-14(18-10)19-9-12-7-17-8-13(12)15(19,2)3/h4-5,12-13,17H,7-9H2,1-3H3. The predicted octanol–water partition coefficient (Wildman–Crippen LogP) is 1.70. The summed E-state index contributed by atoms with van der Waals surface area (Å²) in [5.74, 6) is 2.32. The second kappa shape index (κ2) is 4.21. The first-order valence-corrected chi connectivity index (χ1v) is 6.89. The van der Waals surface area contributed by atoms with Crippen molar-refractivity contribution in [1.29, 1.82) is 5.26 Å². The van der Waals surface area contributed by atoms with E-state index in [-0.39, 0.29) is 5.54 Å². The maximum absolute atomic E-state index is 9.11. The van der Waals surface area contributed by atoms with Crippen LogP contribution in [0.4, 0.5) is 5.82 Å². The zero-order valence-electron chi connectivity index (χ0n) is 11.8. The summed E-state index contributed by atoms with van der Waals surface area (Å²) in [5.41, 5.74) is 1.72. The molecule has 0 aliphatic carbocycles. The summed E-state index contributed by atoms with van der Waals surface area (Å²) in [4.78, 5) is 7.03. The van der Waals surface area contributed by atoms with Crippen LogP contribution in [0.25, 0.3) is 0 Å². The Morgan fingerprint density at radius 2 is 2.21 bits per heavy atom. The third kappa shape index (κ3) is 1.89. The first-order chi connectivity index (χ1) is 9.02. The van der Waals surface area contributed by atoms with Gasteiger partial charge in [0, 0.05) is 30.9 Å². The fraction of sp³-hybridized carbons (Fsp3) is 0.600. The lowest BCUT2D eigenvalue weighted by atomic mass is 9.85. The molecule has 0 bridgehead atoms. The molecular weight excluding hydrogens is 236 g/mol. The summed E-state index contributed by atoms with van der Waals surface area (Å²) in [6.45, 7) is 9.76. The lowest BCUT2D eigenvalue weighted by molar-refractivity contribution is 0.356. The molecule has 4 nitrogen and oxygen atoms in total. The largest absolute Gasteiger partial charge is 0.351 e. The van der Waals surface area contributed by atoms with Gasteiger partial charge in [0.1, 0.15) is 5.82 Å². The second-order valence-electron chi connectivity index (χ2n) is 6.26. The Labute approximate surface area is 114 Å². The highest BCUT2D eigenvalue weighted by molar-refractivity contribution is 5.50. The third-order valence-electron chi connectivity index (χ3n) is 4.71. The molecule has 1 aromatic rings. The van der Waals surface area contributed by atoms with Crippen molar-refractivity contribution < 1.29 is 0 Å². The number of nitrogens with zero attached hydrogens (tertiary/aromatic N) is 3. The highest BCUT2D eigenvalue weighted by Crippen LogP contribution is 2.42. The number of aryl methyl sites for hydroxylation is 1. The molecule has 0 saturated carbocycles. The maximum atomic E-state index is 9.11. The normalized spacial score (nSPS) is 28.2. The number of aromatic nitrogens is 1. The Balaban J connectivity index is 1.99. The van der Waals surface area contributed by atoms with Gasteiger partial charge in [-0.2, -0.15) is 5.26 Å². The van der Waals surface area contributed by atoms with Crippen molar-refractivity contribution in [2.24, 2.45) is 11.8 Å². The average Bonchev–Trinajstić information content (AvgIpc) is 2.91. The first-order valence-electron chi connectivity index (χ1n) is 6.89. The van der Waals surface area contributed by atoms with Gasteiger partial charge in [0.15, 0.2) is 0 Å². The van der Waals surface area contributed by atoms with Gasteiger partial charge < -0.3 is 10.2 Å². The van der Waals surface area contributed by atoms with Crippen LogP contribution in [0.2, 0.25) is 0 Å². The highest BCUT2D eigenvalue weighted by atomic mass is 15.3. The van der Waals surface area contributed by atoms with Crippen LogP contribution in [0.3, 0.4) is 0 Å². The molecule has 2 saturated heterocycles. The summed E-state index contributed by atoms with van der Waals surface area (Å²) in [6.07, 6.45) is 0. The van der Waals surface area contributed by atoms with Crippen LogP contribution in [0.1, 0.15) is 25.1 Å². The van der Waals surface area contributed by atoms with Crippen LogP contribution in [-0.2, 0) is 0 Å². The van der Waals surface area contributed by atoms with Crippen LogP contribution in [-0.4, -0.2) is 30.2 Å². The van der Waals surface area contributed by atoms with Crippen molar-refractivity contribution >= 4 is 5.82 Å². The van der Waals surface area contributed by atoms with Gasteiger partial charge in [-0.1, -0.05) is 0 Å².